The summed E-state index contributed by atoms with van der Waals surface area (Å²) in [5.41, 5.74) is 2.05. The number of nitrogens with zero attached hydrogens (tertiary/aromatic N) is 3. The molecule has 37 heavy (non-hydrogen) atoms. The van der Waals surface area contributed by atoms with Crippen LogP contribution in [0.5, 0.6) is 0 Å². The van der Waals surface area contributed by atoms with E-state index < -0.39 is 22.7 Å². The molecular formula is C27H24FN7O2. The summed E-state index contributed by atoms with van der Waals surface area (Å²) in [6, 6.07) is 16.4. The first-order valence-corrected chi connectivity index (χ1v) is 11.8. The summed E-state index contributed by atoms with van der Waals surface area (Å²) in [4.78, 5) is 25.1. The molecule has 10 heteroatoms. The SMILES string of the molecule is CC(C)(C#N)c1ccc(C(=O)Nc2cc(-c3cc(Nc4cc(C5CC5)[nH]n4)c(=O)[nH]n3)ccc2F)cc1. The molecule has 4 N–H and O–H groups in total. The van der Waals surface area contributed by atoms with E-state index in [1.165, 1.54) is 18.2 Å². The summed E-state index contributed by atoms with van der Waals surface area (Å²) in [5, 5.41) is 28.6. The van der Waals surface area contributed by atoms with Gasteiger partial charge < -0.3 is 10.6 Å². The average molecular weight is 498 g/mol. The predicted octanol–water partition coefficient (Wildman–Crippen LogP) is 4.97. The number of nitrogens with one attached hydrogen (secondary N) is 4. The Morgan fingerprint density at radius 1 is 1.05 bits per heavy atom. The second-order valence-electron chi connectivity index (χ2n) is 9.57. The fourth-order valence-corrected chi connectivity index (χ4v) is 3.87. The summed E-state index contributed by atoms with van der Waals surface area (Å²) >= 11 is 0. The monoisotopic (exact) mass is 497 g/mol. The molecule has 1 aliphatic carbocycles. The minimum absolute atomic E-state index is 0.0344. The highest BCUT2D eigenvalue weighted by molar-refractivity contribution is 6.04. The Bertz CT molecular complexity index is 1580. The molecule has 186 valence electrons. The number of anilines is 3. The maximum atomic E-state index is 14.6. The molecule has 0 saturated heterocycles. The zero-order chi connectivity index (χ0) is 26.2. The molecule has 0 aliphatic heterocycles. The average Bonchev–Trinajstić information content (AvgIpc) is 3.65. The first-order chi connectivity index (χ1) is 17.7. The quantitative estimate of drug-likeness (QED) is 0.284. The Morgan fingerprint density at radius 2 is 1.81 bits per heavy atom. The van der Waals surface area contributed by atoms with Crippen molar-refractivity contribution in [3.63, 3.8) is 0 Å². The van der Waals surface area contributed by atoms with Gasteiger partial charge in [0.2, 0.25) is 0 Å². The Morgan fingerprint density at radius 3 is 2.51 bits per heavy atom. The van der Waals surface area contributed by atoms with Gasteiger partial charge in [0.05, 0.1) is 22.9 Å². The number of halogens is 1. The van der Waals surface area contributed by atoms with Crippen LogP contribution in [-0.4, -0.2) is 26.3 Å². The lowest BCUT2D eigenvalue weighted by molar-refractivity contribution is 0.102. The first-order valence-electron chi connectivity index (χ1n) is 11.8. The number of carbonyl (C=O) groups excluding carboxylic acids is 1. The van der Waals surface area contributed by atoms with Crippen molar-refractivity contribution in [2.45, 2.75) is 38.0 Å². The molecule has 1 fully saturated rings. The van der Waals surface area contributed by atoms with Gasteiger partial charge in [0.25, 0.3) is 11.5 Å². The number of aromatic amines is 2. The standard InChI is InChI=1S/C27H24FN7O2/c1-27(2,14-29)18-8-5-16(6-9-18)25(36)31-22-11-17(7-10-19(22)28)20-12-23(26(37)35-33-20)30-24-13-21(32-34-24)15-3-4-15/h5-13,15H,3-4H2,1-2H3,(H,31,36)(H,35,37)(H2,30,32,33,34). The second-order valence-corrected chi connectivity index (χ2v) is 9.57. The van der Waals surface area contributed by atoms with E-state index >= 15 is 0 Å². The van der Waals surface area contributed by atoms with Crippen LogP contribution in [0.2, 0.25) is 0 Å². The fourth-order valence-electron chi connectivity index (χ4n) is 3.87. The van der Waals surface area contributed by atoms with Crippen molar-refractivity contribution in [1.82, 2.24) is 20.4 Å². The number of hydrogen-bond acceptors (Lipinski definition) is 6. The van der Waals surface area contributed by atoms with Crippen LogP contribution in [0.3, 0.4) is 0 Å². The van der Waals surface area contributed by atoms with Crippen molar-refractivity contribution in [2.24, 2.45) is 0 Å². The first kappa shape index (κ1) is 23.9. The predicted molar refractivity (Wildman–Crippen MR) is 137 cm³/mol. The van der Waals surface area contributed by atoms with E-state index in [1.54, 1.807) is 44.2 Å². The third kappa shape index (κ3) is 5.11. The van der Waals surface area contributed by atoms with Gasteiger partial charge in [-0.2, -0.15) is 15.5 Å². The lowest BCUT2D eigenvalue weighted by atomic mass is 9.86. The van der Waals surface area contributed by atoms with E-state index in [-0.39, 0.29) is 11.4 Å². The van der Waals surface area contributed by atoms with Crippen molar-refractivity contribution >= 4 is 23.1 Å². The van der Waals surface area contributed by atoms with Gasteiger partial charge in [-0.05, 0) is 68.7 Å². The van der Waals surface area contributed by atoms with Crippen LogP contribution in [0.25, 0.3) is 11.3 Å². The second kappa shape index (κ2) is 9.35. The van der Waals surface area contributed by atoms with Gasteiger partial charge in [0.15, 0.2) is 5.82 Å². The molecule has 1 saturated carbocycles. The molecular weight excluding hydrogens is 473 g/mol. The van der Waals surface area contributed by atoms with Crippen LogP contribution in [0.4, 0.5) is 21.6 Å². The van der Waals surface area contributed by atoms with Gasteiger partial charge in [-0.15, -0.1) is 0 Å². The summed E-state index contributed by atoms with van der Waals surface area (Å²) in [6.45, 7) is 3.57. The van der Waals surface area contributed by atoms with E-state index in [0.29, 0.717) is 28.6 Å². The number of benzene rings is 2. The molecule has 2 aromatic carbocycles. The third-order valence-electron chi connectivity index (χ3n) is 6.34. The zero-order valence-electron chi connectivity index (χ0n) is 20.2. The Hall–Kier alpha value is -4.78. The van der Waals surface area contributed by atoms with Crippen molar-refractivity contribution in [3.05, 3.63) is 87.6 Å². The van der Waals surface area contributed by atoms with E-state index in [9.17, 15) is 19.2 Å². The molecule has 1 aliphatic rings. The van der Waals surface area contributed by atoms with Crippen LogP contribution in [0, 0.1) is 17.1 Å². The third-order valence-corrected chi connectivity index (χ3v) is 6.34. The molecule has 0 spiro atoms. The van der Waals surface area contributed by atoms with Crippen LogP contribution < -0.4 is 16.2 Å². The Labute approximate surface area is 211 Å². The van der Waals surface area contributed by atoms with Crippen LogP contribution in [-0.2, 0) is 5.41 Å². The maximum Gasteiger partial charge on any atom is 0.287 e. The topological polar surface area (TPSA) is 139 Å². The number of nitriles is 1. The van der Waals surface area contributed by atoms with Crippen LogP contribution >= 0.6 is 0 Å². The van der Waals surface area contributed by atoms with Crippen molar-refractivity contribution in [3.8, 4) is 17.3 Å². The van der Waals surface area contributed by atoms with E-state index in [1.807, 2.05) is 6.07 Å². The minimum atomic E-state index is -0.691. The van der Waals surface area contributed by atoms with Gasteiger partial charge in [-0.25, -0.2) is 9.49 Å². The Balaban J connectivity index is 1.36. The van der Waals surface area contributed by atoms with E-state index in [0.717, 1.165) is 24.1 Å². The summed E-state index contributed by atoms with van der Waals surface area (Å²) in [5.74, 6) is -0.115. The maximum absolute atomic E-state index is 14.6. The molecule has 2 aromatic heterocycles. The summed E-state index contributed by atoms with van der Waals surface area (Å²) in [7, 11) is 0. The van der Waals surface area contributed by atoms with Crippen molar-refractivity contribution < 1.29 is 9.18 Å². The molecule has 0 unspecified atom stereocenters. The van der Waals surface area contributed by atoms with Gasteiger partial charge >= 0.3 is 0 Å². The van der Waals surface area contributed by atoms with Crippen LogP contribution in [0.1, 0.15) is 54.2 Å². The number of hydrogen-bond donors (Lipinski definition) is 4. The largest absolute Gasteiger partial charge is 0.334 e. The Kier molecular flexibility index (Phi) is 6.05. The van der Waals surface area contributed by atoms with Gasteiger partial charge in [0, 0.05) is 28.8 Å². The molecule has 4 aromatic rings. The van der Waals surface area contributed by atoms with E-state index in [4.69, 9.17) is 0 Å². The molecule has 9 nitrogen and oxygen atoms in total. The molecule has 0 radical (unpaired) electrons. The molecule has 1 amide bonds. The molecule has 5 rings (SSSR count). The highest BCUT2D eigenvalue weighted by atomic mass is 19.1. The van der Waals surface area contributed by atoms with Crippen molar-refractivity contribution in [1.29, 1.82) is 5.26 Å². The van der Waals surface area contributed by atoms with Gasteiger partial charge in [0.1, 0.15) is 11.5 Å². The highest BCUT2D eigenvalue weighted by Crippen LogP contribution is 2.39. The number of rotatable bonds is 7. The number of aromatic nitrogens is 4. The zero-order valence-corrected chi connectivity index (χ0v) is 20.2. The van der Waals surface area contributed by atoms with Gasteiger partial charge in [-0.3, -0.25) is 14.7 Å². The lowest BCUT2D eigenvalue weighted by Crippen LogP contribution is -2.16. The molecule has 0 atom stereocenters. The smallest absolute Gasteiger partial charge is 0.287 e. The highest BCUT2D eigenvalue weighted by Gasteiger charge is 2.25. The number of H-pyrrole nitrogens is 2. The fraction of sp³-hybridized carbons (Fsp3) is 0.222. The lowest BCUT2D eigenvalue weighted by Gasteiger charge is -2.16. The summed E-state index contributed by atoms with van der Waals surface area (Å²) in [6.07, 6.45) is 2.24. The molecule has 2 heterocycles. The van der Waals surface area contributed by atoms with Crippen LogP contribution in [0.15, 0.2) is 59.4 Å². The number of carbonyl (C=O) groups is 1. The van der Waals surface area contributed by atoms with Gasteiger partial charge in [-0.1, -0.05) is 12.1 Å². The number of amides is 1. The minimum Gasteiger partial charge on any atom is -0.334 e. The van der Waals surface area contributed by atoms with Crippen molar-refractivity contribution in [2.75, 3.05) is 10.6 Å². The normalized spacial score (nSPS) is 13.1. The van der Waals surface area contributed by atoms with E-state index in [2.05, 4.69) is 37.1 Å². The molecule has 0 bridgehead atoms. The summed E-state index contributed by atoms with van der Waals surface area (Å²) < 4.78 is 14.6.